The SMILES string of the molecule is C[C@@H]1C[C@@H]2C[C@H](C)CC(c3ccc(-c4cccc(-c5nc(-c6ccc(-c7ccc(C#N)cc7)cc6)nc(-c6cccc(-c7ccc(C89C[C@H](C)C[C@H](C[C@H](C)C8)C9)cc7)c6)n5)c4)cc3)(C1)C2. The molecule has 1 heterocycles. The Balaban J connectivity index is 0.935. The minimum Gasteiger partial charge on any atom is -0.208 e. The molecule has 66 heavy (non-hydrogen) atoms. The molecule has 2 unspecified atom stereocenters. The van der Waals surface area contributed by atoms with Crippen LogP contribution in [0.3, 0.4) is 0 Å². The van der Waals surface area contributed by atoms with Gasteiger partial charge in [-0.1, -0.05) is 149 Å². The van der Waals surface area contributed by atoms with Crippen molar-refractivity contribution >= 4 is 0 Å². The molecule has 4 saturated carbocycles. The summed E-state index contributed by atoms with van der Waals surface area (Å²) in [4.78, 5) is 15.6. The third kappa shape index (κ3) is 8.32. The van der Waals surface area contributed by atoms with E-state index in [-0.39, 0.29) is 0 Å². The Morgan fingerprint density at radius 1 is 0.379 bits per heavy atom. The average Bonchev–Trinajstić information content (AvgIpc) is 3.33. The third-order valence-electron chi connectivity index (χ3n) is 16.3. The standard InChI is InChI=1S/C62H62N4/c1-40-27-45-28-41(2)34-61(33-40,37-45)56-23-19-49(20-24-56)52-7-5-9-54(31-52)59-64-58(51-17-15-48(16-18-51)47-13-11-44(39-63)12-14-47)65-60(66-59)55-10-6-8-53(32-55)50-21-25-57(26-22-50)62-35-42(3)29-46(38-62)30-43(4)36-62/h5-26,31-32,40-43,45-46H,27-30,33-38H2,1-4H3/t40-,41+,42-,43+,45-,46-,61?,62?. The van der Waals surface area contributed by atoms with Gasteiger partial charge in [-0.25, -0.2) is 15.0 Å². The van der Waals surface area contributed by atoms with Gasteiger partial charge in [0.25, 0.3) is 0 Å². The van der Waals surface area contributed by atoms with Gasteiger partial charge in [-0.05, 0) is 179 Å². The van der Waals surface area contributed by atoms with Gasteiger partial charge in [-0.15, -0.1) is 0 Å². The smallest absolute Gasteiger partial charge is 0.164 e. The zero-order valence-corrected chi connectivity index (χ0v) is 39.2. The number of fused-ring (bicyclic) bond motifs is 4. The van der Waals surface area contributed by atoms with Crippen LogP contribution in [0, 0.1) is 46.8 Å². The molecule has 0 N–H and O–H groups in total. The Labute approximate surface area is 392 Å². The van der Waals surface area contributed by atoms with E-state index in [0.717, 1.165) is 74.5 Å². The summed E-state index contributed by atoms with van der Waals surface area (Å²) in [6.07, 6.45) is 13.5. The first kappa shape index (κ1) is 42.5. The minimum atomic E-state index is 0.310. The minimum absolute atomic E-state index is 0.310. The molecule has 4 aliphatic carbocycles. The normalized spacial score (nSPS) is 26.9. The Bertz CT molecular complexity index is 2720. The van der Waals surface area contributed by atoms with Gasteiger partial charge in [0.1, 0.15) is 0 Å². The molecule has 4 fully saturated rings. The van der Waals surface area contributed by atoms with Gasteiger partial charge in [0.05, 0.1) is 11.6 Å². The van der Waals surface area contributed by atoms with Crippen LogP contribution in [0.4, 0.5) is 0 Å². The summed E-state index contributed by atoms with van der Waals surface area (Å²) in [6, 6.07) is 54.9. The summed E-state index contributed by atoms with van der Waals surface area (Å²) in [6.45, 7) is 9.88. The van der Waals surface area contributed by atoms with E-state index < -0.39 is 0 Å². The number of hydrogen-bond acceptors (Lipinski definition) is 4. The highest BCUT2D eigenvalue weighted by Crippen LogP contribution is 2.55. The van der Waals surface area contributed by atoms with Crippen molar-refractivity contribution in [3.8, 4) is 73.6 Å². The average molecular weight is 863 g/mol. The fraction of sp³-hybridized carbons (Fsp3) is 0.355. The second kappa shape index (κ2) is 17.2. The van der Waals surface area contributed by atoms with Crippen molar-refractivity contribution in [1.29, 1.82) is 5.26 Å². The van der Waals surface area contributed by atoms with E-state index in [0.29, 0.717) is 33.9 Å². The van der Waals surface area contributed by atoms with Crippen molar-refractivity contribution in [2.75, 3.05) is 0 Å². The number of aromatic nitrogens is 3. The number of rotatable bonds is 8. The van der Waals surface area contributed by atoms with Crippen LogP contribution >= 0.6 is 0 Å². The Hall–Kier alpha value is -6.18. The Kier molecular flexibility index (Phi) is 11.1. The number of nitriles is 1. The molecule has 7 aromatic rings. The molecule has 0 spiro atoms. The van der Waals surface area contributed by atoms with Crippen molar-refractivity contribution in [3.05, 3.63) is 162 Å². The third-order valence-corrected chi connectivity index (χ3v) is 16.3. The lowest BCUT2D eigenvalue weighted by Gasteiger charge is -2.50. The van der Waals surface area contributed by atoms with Gasteiger partial charge in [-0.3, -0.25) is 0 Å². The highest BCUT2D eigenvalue weighted by molar-refractivity contribution is 5.76. The van der Waals surface area contributed by atoms with E-state index in [2.05, 4.69) is 155 Å². The summed E-state index contributed by atoms with van der Waals surface area (Å²) in [5.41, 5.74) is 14.0. The highest BCUT2D eigenvalue weighted by atomic mass is 15.0. The van der Waals surface area contributed by atoms with E-state index in [1.807, 2.05) is 24.3 Å². The van der Waals surface area contributed by atoms with Crippen molar-refractivity contribution in [2.24, 2.45) is 35.5 Å². The molecule has 0 radical (unpaired) electrons. The Morgan fingerprint density at radius 2 is 0.697 bits per heavy atom. The topological polar surface area (TPSA) is 62.5 Å². The van der Waals surface area contributed by atoms with Crippen molar-refractivity contribution in [1.82, 2.24) is 15.0 Å². The van der Waals surface area contributed by atoms with E-state index in [1.54, 1.807) is 0 Å². The lowest BCUT2D eigenvalue weighted by Crippen LogP contribution is -2.42. The van der Waals surface area contributed by atoms with Crippen LogP contribution in [-0.2, 0) is 10.8 Å². The van der Waals surface area contributed by atoms with E-state index >= 15 is 0 Å². The van der Waals surface area contributed by atoms with Crippen molar-refractivity contribution in [2.45, 2.75) is 103 Å². The van der Waals surface area contributed by atoms with Gasteiger partial charge in [0.2, 0.25) is 0 Å². The maximum Gasteiger partial charge on any atom is 0.164 e. The molecule has 1 aromatic heterocycles. The predicted octanol–water partition coefficient (Wildman–Crippen LogP) is 16.0. The molecule has 4 aliphatic rings. The predicted molar refractivity (Wildman–Crippen MR) is 270 cm³/mol. The van der Waals surface area contributed by atoms with Gasteiger partial charge < -0.3 is 0 Å². The number of nitrogens with zero attached hydrogens (tertiary/aromatic N) is 4. The first-order valence-electron chi connectivity index (χ1n) is 24.9. The van der Waals surface area contributed by atoms with E-state index in [9.17, 15) is 5.26 Å². The van der Waals surface area contributed by atoms with E-state index in [4.69, 9.17) is 15.0 Å². The second-order valence-corrected chi connectivity index (χ2v) is 21.8. The van der Waals surface area contributed by atoms with Crippen LogP contribution in [0.5, 0.6) is 0 Å². The zero-order chi connectivity index (χ0) is 45.0. The van der Waals surface area contributed by atoms with Crippen LogP contribution in [0.1, 0.15) is 109 Å². The quantitative estimate of drug-likeness (QED) is 0.153. The number of hydrogen-bond donors (Lipinski definition) is 0. The fourth-order valence-electron chi connectivity index (χ4n) is 14.1. The molecule has 4 bridgehead atoms. The van der Waals surface area contributed by atoms with Crippen LogP contribution in [0.2, 0.25) is 0 Å². The lowest BCUT2D eigenvalue weighted by atomic mass is 9.54. The summed E-state index contributed by atoms with van der Waals surface area (Å²) >= 11 is 0. The maximum absolute atomic E-state index is 9.34. The molecule has 0 amide bonds. The molecule has 6 aromatic carbocycles. The summed E-state index contributed by atoms with van der Waals surface area (Å²) < 4.78 is 0. The van der Waals surface area contributed by atoms with Crippen LogP contribution in [0.15, 0.2) is 146 Å². The molecule has 4 nitrogen and oxygen atoms in total. The zero-order valence-electron chi connectivity index (χ0n) is 39.2. The first-order valence-corrected chi connectivity index (χ1v) is 24.9. The lowest BCUT2D eigenvalue weighted by molar-refractivity contribution is 0.0779. The second-order valence-electron chi connectivity index (χ2n) is 21.8. The molecule has 0 aliphatic heterocycles. The van der Waals surface area contributed by atoms with Crippen molar-refractivity contribution in [3.63, 3.8) is 0 Å². The molecular formula is C62H62N4. The van der Waals surface area contributed by atoms with Crippen LogP contribution in [-0.4, -0.2) is 15.0 Å². The van der Waals surface area contributed by atoms with Crippen LogP contribution < -0.4 is 0 Å². The molecule has 330 valence electrons. The molecule has 4 heteroatoms. The summed E-state index contributed by atoms with van der Waals surface area (Å²) in [5, 5.41) is 9.34. The van der Waals surface area contributed by atoms with Gasteiger partial charge in [0.15, 0.2) is 17.5 Å². The molecule has 8 atom stereocenters. The number of benzene rings is 6. The van der Waals surface area contributed by atoms with E-state index in [1.165, 1.54) is 86.5 Å². The largest absolute Gasteiger partial charge is 0.208 e. The molecule has 11 rings (SSSR count). The molecule has 0 saturated heterocycles. The maximum atomic E-state index is 9.34. The Morgan fingerprint density at radius 3 is 1.09 bits per heavy atom. The van der Waals surface area contributed by atoms with Gasteiger partial charge in [0, 0.05) is 16.7 Å². The van der Waals surface area contributed by atoms with Crippen molar-refractivity contribution < 1.29 is 0 Å². The monoisotopic (exact) mass is 862 g/mol. The van der Waals surface area contributed by atoms with Gasteiger partial charge >= 0.3 is 0 Å². The van der Waals surface area contributed by atoms with Crippen LogP contribution in [0.25, 0.3) is 67.5 Å². The van der Waals surface area contributed by atoms with Gasteiger partial charge in [-0.2, -0.15) is 5.26 Å². The summed E-state index contributed by atoms with van der Waals surface area (Å²) in [5.74, 6) is 6.80. The summed E-state index contributed by atoms with van der Waals surface area (Å²) in [7, 11) is 0. The fourth-order valence-corrected chi connectivity index (χ4v) is 14.1. The highest BCUT2D eigenvalue weighted by Gasteiger charge is 2.46. The first-order chi connectivity index (χ1) is 32.1. The molecular weight excluding hydrogens is 801 g/mol.